The van der Waals surface area contributed by atoms with Crippen molar-refractivity contribution < 1.29 is 17.9 Å². The Bertz CT molecular complexity index is 529. The molecule has 2 rings (SSSR count). The number of carbonyl (C=O) groups is 1. The number of nitrogens with zero attached hydrogens (tertiary/aromatic N) is 3. The van der Waals surface area contributed by atoms with Crippen LogP contribution in [-0.4, -0.2) is 72.6 Å². The fourth-order valence-corrected chi connectivity index (χ4v) is 2.57. The minimum atomic E-state index is -3.23. The van der Waals surface area contributed by atoms with Crippen molar-refractivity contribution in [1.82, 2.24) is 25.0 Å². The molecule has 1 aromatic heterocycles. The minimum absolute atomic E-state index is 0.177. The highest BCUT2D eigenvalue weighted by molar-refractivity contribution is 7.88. The van der Waals surface area contributed by atoms with E-state index in [9.17, 15) is 13.2 Å². The van der Waals surface area contributed by atoms with Crippen molar-refractivity contribution in [3.63, 3.8) is 0 Å². The van der Waals surface area contributed by atoms with Gasteiger partial charge in [0.1, 0.15) is 0 Å². The van der Waals surface area contributed by atoms with E-state index in [1.165, 1.54) is 10.5 Å². The number of aromatic amines is 1. The number of morpholine rings is 1. The van der Waals surface area contributed by atoms with E-state index in [2.05, 4.69) is 20.7 Å². The van der Waals surface area contributed by atoms with Gasteiger partial charge < -0.3 is 10.1 Å². The molecular weight excluding hydrogens is 274 g/mol. The van der Waals surface area contributed by atoms with E-state index in [-0.39, 0.29) is 30.8 Å². The Labute approximate surface area is 110 Å². The molecule has 0 aromatic carbocycles. The van der Waals surface area contributed by atoms with Gasteiger partial charge in [-0.15, -0.1) is 0 Å². The molecule has 2 heterocycles. The maximum Gasteiger partial charge on any atom is 0.273 e. The van der Waals surface area contributed by atoms with Gasteiger partial charge in [0, 0.05) is 19.6 Å². The zero-order valence-electron chi connectivity index (χ0n) is 10.4. The van der Waals surface area contributed by atoms with E-state index in [1.54, 1.807) is 0 Å². The number of hydrogen-bond acceptors (Lipinski definition) is 6. The van der Waals surface area contributed by atoms with Gasteiger partial charge in [0.15, 0.2) is 5.69 Å². The van der Waals surface area contributed by atoms with Gasteiger partial charge in [0.25, 0.3) is 5.91 Å². The summed E-state index contributed by atoms with van der Waals surface area (Å²) >= 11 is 0. The summed E-state index contributed by atoms with van der Waals surface area (Å²) in [5.41, 5.74) is 0.177. The first kappa shape index (κ1) is 13.9. The van der Waals surface area contributed by atoms with Crippen molar-refractivity contribution in [2.24, 2.45) is 0 Å². The third-order valence-corrected chi connectivity index (χ3v) is 3.98. The summed E-state index contributed by atoms with van der Waals surface area (Å²) < 4.78 is 29.6. The molecule has 10 heteroatoms. The van der Waals surface area contributed by atoms with E-state index < -0.39 is 10.0 Å². The molecule has 1 aromatic rings. The number of ether oxygens (including phenoxy) is 1. The van der Waals surface area contributed by atoms with Gasteiger partial charge in [0.05, 0.1) is 25.2 Å². The molecule has 9 nitrogen and oxygen atoms in total. The Morgan fingerprint density at radius 1 is 1.68 bits per heavy atom. The Morgan fingerprint density at radius 3 is 3.11 bits per heavy atom. The fraction of sp³-hybridized carbons (Fsp3) is 0.667. The number of aromatic nitrogens is 3. The van der Waals surface area contributed by atoms with Gasteiger partial charge >= 0.3 is 0 Å². The van der Waals surface area contributed by atoms with E-state index in [0.29, 0.717) is 13.2 Å². The van der Waals surface area contributed by atoms with E-state index in [1.807, 2.05) is 0 Å². The summed E-state index contributed by atoms with van der Waals surface area (Å²) in [7, 11) is -3.23. The molecule has 1 amide bonds. The largest absolute Gasteiger partial charge is 0.374 e. The lowest BCUT2D eigenvalue weighted by Crippen LogP contribution is -2.49. The van der Waals surface area contributed by atoms with Gasteiger partial charge in [-0.1, -0.05) is 0 Å². The van der Waals surface area contributed by atoms with Gasteiger partial charge in [-0.25, -0.2) is 8.42 Å². The molecule has 0 aliphatic carbocycles. The summed E-state index contributed by atoms with van der Waals surface area (Å²) in [5, 5.41) is 12.1. The van der Waals surface area contributed by atoms with Crippen molar-refractivity contribution in [2.75, 3.05) is 32.5 Å². The third kappa shape index (κ3) is 3.72. The molecule has 1 fully saturated rings. The number of H-pyrrole nitrogens is 1. The maximum absolute atomic E-state index is 11.6. The lowest BCUT2D eigenvalue weighted by atomic mass is 10.3. The Morgan fingerprint density at radius 2 is 2.47 bits per heavy atom. The molecule has 0 spiro atoms. The topological polar surface area (TPSA) is 117 Å². The third-order valence-electron chi connectivity index (χ3n) is 2.71. The number of rotatable bonds is 4. The Kier molecular flexibility index (Phi) is 4.12. The monoisotopic (exact) mass is 289 g/mol. The second-order valence-corrected chi connectivity index (χ2v) is 6.16. The second kappa shape index (κ2) is 5.63. The van der Waals surface area contributed by atoms with Crippen LogP contribution in [0.3, 0.4) is 0 Å². The van der Waals surface area contributed by atoms with Gasteiger partial charge in [-0.2, -0.15) is 19.7 Å². The van der Waals surface area contributed by atoms with Gasteiger partial charge in [-0.3, -0.25) is 4.79 Å². The van der Waals surface area contributed by atoms with Crippen molar-refractivity contribution in [1.29, 1.82) is 0 Å². The van der Waals surface area contributed by atoms with Crippen LogP contribution in [0.1, 0.15) is 10.5 Å². The highest BCUT2D eigenvalue weighted by Crippen LogP contribution is 2.08. The Hall–Kier alpha value is -1.52. The molecule has 0 unspecified atom stereocenters. The van der Waals surface area contributed by atoms with Crippen LogP contribution in [-0.2, 0) is 14.8 Å². The summed E-state index contributed by atoms with van der Waals surface area (Å²) in [6.45, 7) is 1.11. The zero-order chi connectivity index (χ0) is 13.9. The average molecular weight is 289 g/mol. The van der Waals surface area contributed by atoms with Crippen LogP contribution >= 0.6 is 0 Å². The van der Waals surface area contributed by atoms with Gasteiger partial charge in [-0.05, 0) is 0 Å². The normalized spacial score (nSPS) is 21.2. The number of carbonyl (C=O) groups excluding carboxylic acids is 1. The van der Waals surface area contributed by atoms with Crippen molar-refractivity contribution in [3.05, 3.63) is 11.9 Å². The first-order chi connectivity index (χ1) is 8.97. The molecule has 1 saturated heterocycles. The van der Waals surface area contributed by atoms with E-state index in [4.69, 9.17) is 4.74 Å². The number of amides is 1. The quantitative estimate of drug-likeness (QED) is 0.675. The van der Waals surface area contributed by atoms with Crippen LogP contribution in [0, 0.1) is 0 Å². The predicted octanol–water partition coefficient (Wildman–Crippen LogP) is -1.81. The number of hydrogen-bond donors (Lipinski definition) is 2. The second-order valence-electron chi connectivity index (χ2n) is 4.18. The lowest BCUT2D eigenvalue weighted by Gasteiger charge is -2.31. The van der Waals surface area contributed by atoms with Gasteiger partial charge in [0.2, 0.25) is 10.0 Å². The summed E-state index contributed by atoms with van der Waals surface area (Å²) in [4.78, 5) is 11.6. The fourth-order valence-electron chi connectivity index (χ4n) is 1.73. The molecule has 1 aliphatic heterocycles. The standard InChI is InChI=1S/C9H15N5O4S/c1-19(16,17)14-2-3-18-7(6-14)4-10-9(15)8-5-11-13-12-8/h5,7H,2-4,6H2,1H3,(H,10,15)(H,11,12,13)/t7-/m1/s1. The van der Waals surface area contributed by atoms with E-state index in [0.717, 1.165) is 6.26 Å². The first-order valence-corrected chi connectivity index (χ1v) is 7.52. The highest BCUT2D eigenvalue weighted by atomic mass is 32.2. The van der Waals surface area contributed by atoms with Crippen LogP contribution in [0.4, 0.5) is 0 Å². The molecule has 0 radical (unpaired) electrons. The Balaban J connectivity index is 1.85. The summed E-state index contributed by atoms with van der Waals surface area (Å²) in [6.07, 6.45) is 2.10. The van der Waals surface area contributed by atoms with E-state index >= 15 is 0 Å². The van der Waals surface area contributed by atoms with Crippen LogP contribution in [0.2, 0.25) is 0 Å². The lowest BCUT2D eigenvalue weighted by molar-refractivity contribution is 0.000411. The maximum atomic E-state index is 11.6. The van der Waals surface area contributed by atoms with Crippen molar-refractivity contribution in [2.45, 2.75) is 6.10 Å². The molecule has 0 bridgehead atoms. The SMILES string of the molecule is CS(=O)(=O)N1CCO[C@H](CNC(=O)c2cn[nH]n2)C1. The summed E-state index contributed by atoms with van der Waals surface area (Å²) in [5.74, 6) is -0.381. The molecule has 2 N–H and O–H groups in total. The minimum Gasteiger partial charge on any atom is -0.374 e. The summed E-state index contributed by atoms with van der Waals surface area (Å²) in [6, 6.07) is 0. The van der Waals surface area contributed by atoms with Crippen LogP contribution in [0.15, 0.2) is 6.20 Å². The van der Waals surface area contributed by atoms with Crippen molar-refractivity contribution in [3.8, 4) is 0 Å². The predicted molar refractivity (Wildman–Crippen MR) is 64.9 cm³/mol. The molecule has 19 heavy (non-hydrogen) atoms. The molecule has 0 saturated carbocycles. The number of sulfonamides is 1. The van der Waals surface area contributed by atoms with Crippen LogP contribution in [0.25, 0.3) is 0 Å². The van der Waals surface area contributed by atoms with Crippen molar-refractivity contribution >= 4 is 15.9 Å². The first-order valence-electron chi connectivity index (χ1n) is 5.67. The molecule has 1 atom stereocenters. The zero-order valence-corrected chi connectivity index (χ0v) is 11.2. The van der Waals surface area contributed by atoms with Crippen LogP contribution in [0.5, 0.6) is 0 Å². The van der Waals surface area contributed by atoms with Crippen LogP contribution < -0.4 is 5.32 Å². The average Bonchev–Trinajstić information content (AvgIpc) is 2.89. The molecule has 106 valence electrons. The molecule has 1 aliphatic rings. The molecular formula is C9H15N5O4S. The smallest absolute Gasteiger partial charge is 0.273 e. The highest BCUT2D eigenvalue weighted by Gasteiger charge is 2.26. The number of nitrogens with one attached hydrogen (secondary N) is 2.